The molecule has 1 fully saturated rings. The molecular weight excluding hydrogens is 516 g/mol. The number of nitrogens with one attached hydrogen (secondary N) is 3. The number of halogens is 2. The van der Waals surface area contributed by atoms with E-state index in [0.717, 1.165) is 0 Å². The van der Waals surface area contributed by atoms with Crippen LogP contribution in [0.1, 0.15) is 34.5 Å². The lowest BCUT2D eigenvalue weighted by atomic mass is 10.0. The van der Waals surface area contributed by atoms with Crippen LogP contribution in [0.3, 0.4) is 0 Å². The summed E-state index contributed by atoms with van der Waals surface area (Å²) < 4.78 is 58.9. The molecule has 1 saturated carbocycles. The van der Waals surface area contributed by atoms with Crippen LogP contribution in [-0.2, 0) is 16.6 Å². The average Bonchev–Trinajstić information content (AvgIpc) is 3.58. The number of amides is 1. The largest absolute Gasteiger partial charge is 0.331 e. The van der Waals surface area contributed by atoms with Crippen LogP contribution in [-0.4, -0.2) is 39.3 Å². The van der Waals surface area contributed by atoms with Crippen molar-refractivity contribution in [2.45, 2.75) is 31.6 Å². The highest BCUT2D eigenvalue weighted by Gasteiger charge is 2.38. The number of hydrogen-bond donors (Lipinski definition) is 3. The molecule has 38 heavy (non-hydrogen) atoms. The van der Waals surface area contributed by atoms with Crippen molar-refractivity contribution in [3.63, 3.8) is 0 Å². The van der Waals surface area contributed by atoms with Crippen LogP contribution < -0.4 is 10.3 Å². The van der Waals surface area contributed by atoms with E-state index < -0.39 is 38.4 Å². The Balaban J connectivity index is 1.65. The lowest BCUT2D eigenvalue weighted by Crippen LogP contribution is -2.35. The Bertz CT molecular complexity index is 1940. The van der Waals surface area contributed by atoms with Gasteiger partial charge in [-0.3, -0.25) is 14.7 Å². The quantitative estimate of drug-likeness (QED) is 0.304. The number of carbonyl (C=O) groups is 1. The van der Waals surface area contributed by atoms with Gasteiger partial charge in [0.1, 0.15) is 17.3 Å². The van der Waals surface area contributed by atoms with Crippen LogP contribution in [0.4, 0.5) is 8.78 Å². The number of benzene rings is 2. The van der Waals surface area contributed by atoms with Gasteiger partial charge in [-0.05, 0) is 61.7 Å². The summed E-state index contributed by atoms with van der Waals surface area (Å²) in [6, 6.07) is 8.54. The molecule has 1 amide bonds. The van der Waals surface area contributed by atoms with E-state index >= 15 is 4.39 Å². The van der Waals surface area contributed by atoms with E-state index in [9.17, 15) is 22.4 Å². The lowest BCUT2D eigenvalue weighted by molar-refractivity contribution is 0.0973. The second-order valence-electron chi connectivity index (χ2n) is 9.42. The van der Waals surface area contributed by atoms with E-state index in [1.54, 1.807) is 12.1 Å². The summed E-state index contributed by atoms with van der Waals surface area (Å²) in [6.07, 6.45) is 3.79. The molecule has 0 spiro atoms. The van der Waals surface area contributed by atoms with Gasteiger partial charge in [-0.1, -0.05) is 0 Å². The fourth-order valence-corrected chi connectivity index (χ4v) is 5.99. The minimum atomic E-state index is -3.98. The Morgan fingerprint density at radius 3 is 2.71 bits per heavy atom. The maximum atomic E-state index is 15.2. The van der Waals surface area contributed by atoms with Gasteiger partial charge in [0.25, 0.3) is 11.5 Å². The molecule has 0 radical (unpaired) electrons. The Morgan fingerprint density at radius 2 is 1.97 bits per heavy atom. The maximum absolute atomic E-state index is 15.2. The minimum Gasteiger partial charge on any atom is -0.331 e. The van der Waals surface area contributed by atoms with E-state index in [1.165, 1.54) is 48.1 Å². The summed E-state index contributed by atoms with van der Waals surface area (Å²) in [5.41, 5.74) is 0.565. The number of rotatable bonds is 6. The first kappa shape index (κ1) is 24.0. The molecule has 0 saturated heterocycles. The molecule has 2 aromatic carbocycles. The van der Waals surface area contributed by atoms with Crippen LogP contribution in [0, 0.1) is 18.6 Å². The molecule has 0 unspecified atom stereocenters. The number of pyridine rings is 1. The zero-order chi connectivity index (χ0) is 26.8. The molecule has 1 aliphatic carbocycles. The number of sulfonamides is 1. The van der Waals surface area contributed by atoms with Crippen LogP contribution in [0.15, 0.2) is 53.6 Å². The van der Waals surface area contributed by atoms with E-state index in [1.807, 2.05) is 0 Å². The van der Waals surface area contributed by atoms with Crippen LogP contribution in [0.25, 0.3) is 32.9 Å². The highest BCUT2D eigenvalue weighted by atomic mass is 32.2. The van der Waals surface area contributed by atoms with Crippen molar-refractivity contribution in [2.75, 3.05) is 0 Å². The van der Waals surface area contributed by atoms with Gasteiger partial charge in [0.2, 0.25) is 10.0 Å². The van der Waals surface area contributed by atoms with Gasteiger partial charge in [0.05, 0.1) is 29.0 Å². The predicted molar refractivity (Wildman–Crippen MR) is 137 cm³/mol. The Morgan fingerprint density at radius 1 is 1.18 bits per heavy atom. The number of aryl methyl sites for hydroxylation is 1. The fourth-order valence-electron chi connectivity index (χ4n) is 4.71. The Hall–Kier alpha value is -4.32. The van der Waals surface area contributed by atoms with E-state index in [2.05, 4.69) is 19.9 Å². The van der Waals surface area contributed by atoms with Crippen LogP contribution >= 0.6 is 0 Å². The summed E-state index contributed by atoms with van der Waals surface area (Å²) in [7, 11) is -3.98. The number of carbonyl (C=O) groups excluding carboxylic acids is 1. The molecule has 3 heterocycles. The van der Waals surface area contributed by atoms with E-state index in [0.29, 0.717) is 29.1 Å². The molecule has 194 valence electrons. The standard InChI is InChI=1S/C26H21F2N5O4S/c1-13-7-18-22(10-19(13)27)33(12-15-8-14-11-30-31-21(14)9-20(15)28)24(23(18)17-3-2-6-29-25(17)34)26(35)32-38(36,37)16-4-5-16/h2-3,6-11,16H,4-5,12H2,1H3,(H,29,34)(H,30,31)(H,32,35). The highest BCUT2D eigenvalue weighted by Crippen LogP contribution is 2.37. The summed E-state index contributed by atoms with van der Waals surface area (Å²) >= 11 is 0. The number of aromatic nitrogens is 4. The van der Waals surface area contributed by atoms with Gasteiger partial charge in [-0.2, -0.15) is 5.10 Å². The molecule has 9 nitrogen and oxygen atoms in total. The van der Waals surface area contributed by atoms with Gasteiger partial charge in [-0.25, -0.2) is 21.9 Å². The third-order valence-corrected chi connectivity index (χ3v) is 8.60. The first-order valence-electron chi connectivity index (χ1n) is 11.8. The second-order valence-corrected chi connectivity index (χ2v) is 11.4. The highest BCUT2D eigenvalue weighted by molar-refractivity contribution is 7.91. The molecule has 1 aliphatic rings. The van der Waals surface area contributed by atoms with Crippen molar-refractivity contribution in [2.24, 2.45) is 0 Å². The van der Waals surface area contributed by atoms with Crippen LogP contribution in [0.5, 0.6) is 0 Å². The number of H-pyrrole nitrogens is 2. The second kappa shape index (κ2) is 8.62. The predicted octanol–water partition coefficient (Wildman–Crippen LogP) is 3.73. The minimum absolute atomic E-state index is 0.0852. The smallest absolute Gasteiger partial charge is 0.282 e. The van der Waals surface area contributed by atoms with Gasteiger partial charge >= 0.3 is 0 Å². The first-order chi connectivity index (χ1) is 18.1. The van der Waals surface area contributed by atoms with Crippen molar-refractivity contribution in [1.29, 1.82) is 0 Å². The number of aromatic amines is 2. The SMILES string of the molecule is Cc1cc2c(-c3ccc[nH]c3=O)c(C(=O)NS(=O)(=O)C3CC3)n(Cc3cc4cn[nH]c4cc3F)c2cc1F. The monoisotopic (exact) mass is 537 g/mol. The van der Waals surface area contributed by atoms with Gasteiger partial charge in [0.15, 0.2) is 0 Å². The Kier molecular flexibility index (Phi) is 5.45. The van der Waals surface area contributed by atoms with Crippen molar-refractivity contribution < 1.29 is 22.0 Å². The lowest BCUT2D eigenvalue weighted by Gasteiger charge is -2.14. The molecule has 3 N–H and O–H groups in total. The fraction of sp³-hybridized carbons (Fsp3) is 0.192. The first-order valence-corrected chi connectivity index (χ1v) is 13.4. The Labute approximate surface area is 214 Å². The molecular formula is C26H21F2N5O4S. The average molecular weight is 538 g/mol. The number of fused-ring (bicyclic) bond motifs is 2. The molecule has 5 aromatic rings. The summed E-state index contributed by atoms with van der Waals surface area (Å²) in [6.45, 7) is 1.29. The van der Waals surface area contributed by atoms with E-state index in [4.69, 9.17) is 0 Å². The molecule has 0 bridgehead atoms. The zero-order valence-electron chi connectivity index (χ0n) is 20.0. The van der Waals surface area contributed by atoms with Gasteiger partial charge in [0, 0.05) is 33.7 Å². The molecule has 0 atom stereocenters. The number of nitrogens with zero attached hydrogens (tertiary/aromatic N) is 2. The summed E-state index contributed by atoms with van der Waals surface area (Å²) in [5.74, 6) is -2.17. The van der Waals surface area contributed by atoms with Crippen molar-refractivity contribution in [3.8, 4) is 11.1 Å². The third-order valence-electron chi connectivity index (χ3n) is 6.78. The zero-order valence-corrected chi connectivity index (χ0v) is 20.8. The summed E-state index contributed by atoms with van der Waals surface area (Å²) in [4.78, 5) is 29.1. The molecule has 6 rings (SSSR count). The maximum Gasteiger partial charge on any atom is 0.282 e. The molecule has 3 aromatic heterocycles. The van der Waals surface area contributed by atoms with Gasteiger partial charge < -0.3 is 9.55 Å². The topological polar surface area (TPSA) is 130 Å². The number of hydrogen-bond acceptors (Lipinski definition) is 5. The molecule has 0 aliphatic heterocycles. The molecule has 12 heteroatoms. The van der Waals surface area contributed by atoms with Gasteiger partial charge in [-0.15, -0.1) is 0 Å². The summed E-state index contributed by atoms with van der Waals surface area (Å²) in [5, 5.41) is 6.86. The van der Waals surface area contributed by atoms with Crippen molar-refractivity contribution in [1.82, 2.24) is 24.5 Å². The third kappa shape index (κ3) is 3.97. The normalized spacial score (nSPS) is 13.9. The van der Waals surface area contributed by atoms with E-state index in [-0.39, 0.29) is 40.0 Å². The van der Waals surface area contributed by atoms with Crippen molar-refractivity contribution in [3.05, 3.63) is 87.6 Å². The van der Waals surface area contributed by atoms with Crippen LogP contribution in [0.2, 0.25) is 0 Å². The van der Waals surface area contributed by atoms with Crippen molar-refractivity contribution >= 4 is 37.7 Å².